The molecule has 2 amide bonds. The molecule has 1 heterocycles. The van der Waals surface area contributed by atoms with E-state index in [0.717, 1.165) is 22.5 Å². The molecule has 22 heavy (non-hydrogen) atoms. The van der Waals surface area contributed by atoms with E-state index >= 15 is 0 Å². The van der Waals surface area contributed by atoms with Crippen molar-refractivity contribution in [1.29, 1.82) is 0 Å². The van der Waals surface area contributed by atoms with Gasteiger partial charge >= 0.3 is 0 Å². The number of carbonyl (C=O) groups excluding carboxylic acids is 2. The molecule has 0 aromatic heterocycles. The van der Waals surface area contributed by atoms with Gasteiger partial charge in [-0.2, -0.15) is 0 Å². The van der Waals surface area contributed by atoms with Gasteiger partial charge in [0.1, 0.15) is 6.04 Å². The average Bonchev–Trinajstić information content (AvgIpc) is 2.87. The summed E-state index contributed by atoms with van der Waals surface area (Å²) in [5, 5.41) is 2.91. The molecule has 0 radical (unpaired) electrons. The molecule has 0 fully saturated rings. The number of carbonyl (C=O) groups is 2. The SMILES string of the molecule is CC(=O)N1c2ccccc2C[C@H]1C(=O)Nc1cccc(C)c1. The summed E-state index contributed by atoms with van der Waals surface area (Å²) < 4.78 is 0. The zero-order chi connectivity index (χ0) is 15.7. The van der Waals surface area contributed by atoms with Crippen LogP contribution >= 0.6 is 0 Å². The number of fused-ring (bicyclic) bond motifs is 1. The fourth-order valence-corrected chi connectivity index (χ4v) is 2.93. The van der Waals surface area contributed by atoms with E-state index in [1.165, 1.54) is 6.92 Å². The summed E-state index contributed by atoms with van der Waals surface area (Å²) >= 11 is 0. The molecule has 1 atom stereocenters. The third-order valence-corrected chi connectivity index (χ3v) is 3.90. The van der Waals surface area contributed by atoms with Gasteiger partial charge < -0.3 is 5.32 Å². The Morgan fingerprint density at radius 1 is 1.14 bits per heavy atom. The van der Waals surface area contributed by atoms with Gasteiger partial charge in [0.25, 0.3) is 0 Å². The molecule has 0 saturated carbocycles. The Hall–Kier alpha value is -2.62. The topological polar surface area (TPSA) is 49.4 Å². The Kier molecular flexibility index (Phi) is 3.67. The van der Waals surface area contributed by atoms with Crippen molar-refractivity contribution in [2.24, 2.45) is 0 Å². The van der Waals surface area contributed by atoms with Crippen LogP contribution in [0.2, 0.25) is 0 Å². The van der Waals surface area contributed by atoms with Gasteiger partial charge in [0.15, 0.2) is 0 Å². The Morgan fingerprint density at radius 3 is 2.64 bits per heavy atom. The summed E-state index contributed by atoms with van der Waals surface area (Å²) in [5.41, 5.74) is 3.70. The molecular weight excluding hydrogens is 276 g/mol. The number of para-hydroxylation sites is 1. The van der Waals surface area contributed by atoms with Crippen LogP contribution in [0, 0.1) is 6.92 Å². The van der Waals surface area contributed by atoms with E-state index in [9.17, 15) is 9.59 Å². The molecule has 4 heteroatoms. The van der Waals surface area contributed by atoms with E-state index < -0.39 is 6.04 Å². The van der Waals surface area contributed by atoms with Gasteiger partial charge in [-0.05, 0) is 36.2 Å². The van der Waals surface area contributed by atoms with E-state index in [0.29, 0.717) is 6.42 Å². The number of amides is 2. The number of rotatable bonds is 2. The second-order valence-electron chi connectivity index (χ2n) is 5.60. The van der Waals surface area contributed by atoms with Crippen LogP contribution in [0.15, 0.2) is 48.5 Å². The van der Waals surface area contributed by atoms with E-state index in [2.05, 4.69) is 5.32 Å². The van der Waals surface area contributed by atoms with Gasteiger partial charge in [-0.15, -0.1) is 0 Å². The smallest absolute Gasteiger partial charge is 0.247 e. The fourth-order valence-electron chi connectivity index (χ4n) is 2.93. The molecule has 0 unspecified atom stereocenters. The normalized spacial score (nSPS) is 16.3. The van der Waals surface area contributed by atoms with E-state index in [4.69, 9.17) is 0 Å². The van der Waals surface area contributed by atoms with Crippen molar-refractivity contribution >= 4 is 23.2 Å². The number of hydrogen-bond acceptors (Lipinski definition) is 2. The zero-order valence-electron chi connectivity index (χ0n) is 12.7. The van der Waals surface area contributed by atoms with E-state index in [-0.39, 0.29) is 11.8 Å². The minimum absolute atomic E-state index is 0.116. The molecular formula is C18H18N2O2. The summed E-state index contributed by atoms with van der Waals surface area (Å²) in [6.45, 7) is 3.47. The van der Waals surface area contributed by atoms with Crippen molar-refractivity contribution in [3.63, 3.8) is 0 Å². The van der Waals surface area contributed by atoms with Crippen molar-refractivity contribution < 1.29 is 9.59 Å². The van der Waals surface area contributed by atoms with Gasteiger partial charge in [-0.3, -0.25) is 14.5 Å². The summed E-state index contributed by atoms with van der Waals surface area (Å²) in [4.78, 5) is 26.2. The number of nitrogens with zero attached hydrogens (tertiary/aromatic N) is 1. The highest BCUT2D eigenvalue weighted by Gasteiger charge is 2.36. The fraction of sp³-hybridized carbons (Fsp3) is 0.222. The molecule has 0 saturated heterocycles. The highest BCUT2D eigenvalue weighted by atomic mass is 16.2. The third-order valence-electron chi connectivity index (χ3n) is 3.90. The van der Waals surface area contributed by atoms with Crippen LogP contribution < -0.4 is 10.2 Å². The first-order chi connectivity index (χ1) is 10.6. The van der Waals surface area contributed by atoms with Crippen LogP contribution in [0.1, 0.15) is 18.1 Å². The van der Waals surface area contributed by atoms with E-state index in [1.54, 1.807) is 4.90 Å². The first-order valence-electron chi connectivity index (χ1n) is 7.31. The number of nitrogens with one attached hydrogen (secondary N) is 1. The largest absolute Gasteiger partial charge is 0.324 e. The number of anilines is 2. The zero-order valence-corrected chi connectivity index (χ0v) is 12.7. The lowest BCUT2D eigenvalue weighted by Gasteiger charge is -2.23. The predicted molar refractivity (Wildman–Crippen MR) is 86.9 cm³/mol. The van der Waals surface area contributed by atoms with Crippen LogP contribution in [0.5, 0.6) is 0 Å². The Balaban J connectivity index is 1.85. The lowest BCUT2D eigenvalue weighted by Crippen LogP contribution is -2.44. The van der Waals surface area contributed by atoms with Gasteiger partial charge in [0.2, 0.25) is 11.8 Å². The monoisotopic (exact) mass is 294 g/mol. The van der Waals surface area contributed by atoms with Crippen LogP contribution in [0.3, 0.4) is 0 Å². The van der Waals surface area contributed by atoms with Crippen LogP contribution in [-0.4, -0.2) is 17.9 Å². The number of aryl methyl sites for hydroxylation is 1. The summed E-state index contributed by atoms with van der Waals surface area (Å²) in [5.74, 6) is -0.272. The van der Waals surface area contributed by atoms with Crippen molar-refractivity contribution in [2.45, 2.75) is 26.3 Å². The standard InChI is InChI=1S/C18H18N2O2/c1-12-6-5-8-15(10-12)19-18(22)17-11-14-7-3-4-9-16(14)20(17)13(2)21/h3-10,17H,11H2,1-2H3,(H,19,22)/t17-/m0/s1. The van der Waals surface area contributed by atoms with E-state index in [1.807, 2.05) is 55.5 Å². The lowest BCUT2D eigenvalue weighted by molar-refractivity contribution is -0.122. The first kappa shape index (κ1) is 14.3. The van der Waals surface area contributed by atoms with Gasteiger partial charge in [0, 0.05) is 24.7 Å². The second-order valence-corrected chi connectivity index (χ2v) is 5.60. The predicted octanol–water partition coefficient (Wildman–Crippen LogP) is 2.91. The maximum Gasteiger partial charge on any atom is 0.247 e. The molecule has 1 N–H and O–H groups in total. The maximum absolute atomic E-state index is 12.6. The lowest BCUT2D eigenvalue weighted by atomic mass is 10.1. The number of benzene rings is 2. The average molecular weight is 294 g/mol. The Bertz CT molecular complexity index is 739. The Labute approximate surface area is 129 Å². The van der Waals surface area contributed by atoms with Gasteiger partial charge in [-0.1, -0.05) is 30.3 Å². The van der Waals surface area contributed by atoms with Crippen LogP contribution in [0.4, 0.5) is 11.4 Å². The van der Waals surface area contributed by atoms with Crippen molar-refractivity contribution in [1.82, 2.24) is 0 Å². The Morgan fingerprint density at radius 2 is 1.91 bits per heavy atom. The highest BCUT2D eigenvalue weighted by Crippen LogP contribution is 2.32. The molecule has 1 aliphatic rings. The number of hydrogen-bond donors (Lipinski definition) is 1. The minimum Gasteiger partial charge on any atom is -0.324 e. The minimum atomic E-state index is -0.490. The van der Waals surface area contributed by atoms with Crippen LogP contribution in [0.25, 0.3) is 0 Å². The highest BCUT2D eigenvalue weighted by molar-refractivity contribution is 6.06. The van der Waals surface area contributed by atoms with Crippen molar-refractivity contribution in [3.05, 3.63) is 59.7 Å². The molecule has 112 valence electrons. The van der Waals surface area contributed by atoms with Gasteiger partial charge in [-0.25, -0.2) is 0 Å². The summed E-state index contributed by atoms with van der Waals surface area (Å²) in [6.07, 6.45) is 0.549. The molecule has 0 aliphatic carbocycles. The van der Waals surface area contributed by atoms with Crippen molar-refractivity contribution in [3.8, 4) is 0 Å². The second kappa shape index (κ2) is 5.64. The maximum atomic E-state index is 12.6. The molecule has 2 aromatic rings. The molecule has 1 aliphatic heterocycles. The summed E-state index contributed by atoms with van der Waals surface area (Å²) in [7, 11) is 0. The third kappa shape index (κ3) is 2.60. The summed E-state index contributed by atoms with van der Waals surface area (Å²) in [6, 6.07) is 14.8. The molecule has 0 bridgehead atoms. The molecule has 2 aromatic carbocycles. The van der Waals surface area contributed by atoms with Crippen molar-refractivity contribution in [2.75, 3.05) is 10.2 Å². The first-order valence-corrected chi connectivity index (χ1v) is 7.31. The van der Waals surface area contributed by atoms with Gasteiger partial charge in [0.05, 0.1) is 0 Å². The molecule has 3 rings (SSSR count). The molecule has 4 nitrogen and oxygen atoms in total. The quantitative estimate of drug-likeness (QED) is 0.926. The van der Waals surface area contributed by atoms with Crippen LogP contribution in [-0.2, 0) is 16.0 Å². The molecule has 0 spiro atoms.